The Kier molecular flexibility index (Phi) is 10.3. The molecule has 4 N–H and O–H groups in total. The van der Waals surface area contributed by atoms with Gasteiger partial charge in [-0.1, -0.05) is 44.0 Å². The van der Waals surface area contributed by atoms with Gasteiger partial charge in [0.1, 0.15) is 16.3 Å². The summed E-state index contributed by atoms with van der Waals surface area (Å²) in [5, 5.41) is 12.5. The molecular weight excluding hydrogens is 661 g/mol. The number of sulfone groups is 2. The number of nitrogens with two attached hydrogens (primary N) is 1. The second kappa shape index (κ2) is 12.8. The average molecular weight is 699 g/mol. The fraction of sp³-hybridized carbons (Fsp3) is 0.379. The lowest BCUT2D eigenvalue weighted by molar-refractivity contribution is -0.122. The molecule has 0 aliphatic heterocycles. The van der Waals surface area contributed by atoms with Crippen molar-refractivity contribution < 1.29 is 21.6 Å². The molecule has 16 heteroatoms. The van der Waals surface area contributed by atoms with E-state index in [9.17, 15) is 21.6 Å². The van der Waals surface area contributed by atoms with Gasteiger partial charge in [0.15, 0.2) is 30.2 Å². The number of nitrogens with zero attached hydrogens (tertiary/aromatic N) is 4. The number of nitrogens with one attached hydrogen (secondary N) is 2. The number of hydrogen-bond donors (Lipinski definition) is 3. The van der Waals surface area contributed by atoms with E-state index in [1.807, 2.05) is 18.5 Å². The number of benzene rings is 2. The second-order valence-corrected chi connectivity index (χ2v) is 18.1. The Morgan fingerprint density at radius 3 is 1.73 bits per heavy atom. The van der Waals surface area contributed by atoms with Crippen molar-refractivity contribution in [3.05, 3.63) is 76.2 Å². The molecule has 244 valence electrons. The van der Waals surface area contributed by atoms with E-state index in [2.05, 4.69) is 41.1 Å². The van der Waals surface area contributed by atoms with E-state index < -0.39 is 35.1 Å². The van der Waals surface area contributed by atoms with Crippen LogP contribution in [-0.4, -0.2) is 52.5 Å². The fourth-order valence-corrected chi connectivity index (χ4v) is 7.00. The molecule has 4 aromatic rings. The molecule has 0 atom stereocenters. The van der Waals surface area contributed by atoms with Crippen molar-refractivity contribution in [3.8, 4) is 11.5 Å². The number of carbonyl (C=O) groups is 1. The number of hydrazine groups is 1. The maximum atomic E-state index is 13.2. The number of carbonyl (C=O) groups excluding carboxylic acids is 1. The van der Waals surface area contributed by atoms with Gasteiger partial charge in [-0.25, -0.2) is 27.7 Å². The number of H-pyrrole nitrogens is 1. The van der Waals surface area contributed by atoms with Gasteiger partial charge >= 0.3 is 0 Å². The maximum absolute atomic E-state index is 13.2. The van der Waals surface area contributed by atoms with Crippen LogP contribution in [0.15, 0.2) is 64.4 Å². The van der Waals surface area contributed by atoms with E-state index in [1.165, 1.54) is 50.2 Å². The quantitative estimate of drug-likeness (QED) is 0.139. The second-order valence-electron chi connectivity index (χ2n) is 12.2. The minimum absolute atomic E-state index is 0.0236. The molecule has 0 saturated carbocycles. The Morgan fingerprint density at radius 2 is 1.31 bits per heavy atom. The number of amides is 1. The third kappa shape index (κ3) is 7.25. The van der Waals surface area contributed by atoms with Crippen LogP contribution in [0.1, 0.15) is 60.0 Å². The van der Waals surface area contributed by atoms with Crippen LogP contribution in [0, 0.1) is 0 Å². The topological polar surface area (TPSA) is 183 Å². The van der Waals surface area contributed by atoms with Crippen molar-refractivity contribution in [2.24, 2.45) is 12.9 Å². The van der Waals surface area contributed by atoms with Gasteiger partial charge < -0.3 is 0 Å². The molecule has 0 unspecified atom stereocenters. The van der Waals surface area contributed by atoms with E-state index in [4.69, 9.17) is 29.0 Å². The molecule has 0 fully saturated rings. The summed E-state index contributed by atoms with van der Waals surface area (Å²) >= 11 is 11.6. The molecule has 0 aliphatic rings. The number of hydrogen-bond acceptors (Lipinski definition) is 9. The molecule has 0 saturated heterocycles. The maximum Gasteiger partial charge on any atom is 0.255 e. The normalized spacial score (nSPS) is 12.8. The summed E-state index contributed by atoms with van der Waals surface area (Å²) < 4.78 is 49.5. The van der Waals surface area contributed by atoms with Crippen molar-refractivity contribution in [2.75, 3.05) is 0 Å². The molecule has 4 rings (SSSR count). The molecule has 45 heavy (non-hydrogen) atoms. The van der Waals surface area contributed by atoms with Crippen LogP contribution < -0.4 is 11.3 Å². The molecule has 2 heterocycles. The van der Waals surface area contributed by atoms with Crippen LogP contribution in [-0.2, 0) is 41.7 Å². The smallest absolute Gasteiger partial charge is 0.255 e. The standard InChI is InChI=1S/C19H24ClN5O2S.C10H13ClN2O3S/c1-18(2,3)15-11-14(25(6)24-15)16-21-17(23-22-16)19(4,5)28(26,27)13-9-7-12(20)8-10-13;1-10(2,9(14)13-12)17(15,16)8-5-3-7(11)4-6-8/h7-11H,1-6H3,(H,21,22,23);3-6H,12H2,1-2H3,(H,13,14). The predicted molar refractivity (Wildman–Crippen MR) is 174 cm³/mol. The zero-order chi connectivity index (χ0) is 34.2. The first-order chi connectivity index (χ1) is 20.6. The predicted octanol–water partition coefficient (Wildman–Crippen LogP) is 4.75. The molecule has 0 bridgehead atoms. The van der Waals surface area contributed by atoms with Gasteiger partial charge in [0.25, 0.3) is 5.91 Å². The minimum Gasteiger partial charge on any atom is -0.293 e. The van der Waals surface area contributed by atoms with Gasteiger partial charge in [-0.3, -0.25) is 20.0 Å². The summed E-state index contributed by atoms with van der Waals surface area (Å²) in [6.45, 7) is 12.0. The van der Waals surface area contributed by atoms with E-state index in [-0.39, 0.29) is 21.0 Å². The average Bonchev–Trinajstić information content (AvgIpc) is 3.60. The summed E-state index contributed by atoms with van der Waals surface area (Å²) in [4.78, 5) is 16.2. The summed E-state index contributed by atoms with van der Waals surface area (Å²) in [5.41, 5.74) is 3.35. The highest BCUT2D eigenvalue weighted by molar-refractivity contribution is 7.93. The number of aromatic nitrogens is 5. The zero-order valence-corrected chi connectivity index (χ0v) is 29.3. The highest BCUT2D eigenvalue weighted by Crippen LogP contribution is 2.34. The van der Waals surface area contributed by atoms with Gasteiger partial charge in [0.05, 0.1) is 15.5 Å². The van der Waals surface area contributed by atoms with Gasteiger partial charge in [0, 0.05) is 22.5 Å². The Bertz CT molecular complexity index is 1890. The van der Waals surface area contributed by atoms with Crippen LogP contribution in [0.4, 0.5) is 0 Å². The van der Waals surface area contributed by atoms with Crippen LogP contribution >= 0.6 is 23.2 Å². The first-order valence-electron chi connectivity index (χ1n) is 13.6. The molecule has 1 amide bonds. The summed E-state index contributed by atoms with van der Waals surface area (Å²) in [6.07, 6.45) is 0. The summed E-state index contributed by atoms with van der Waals surface area (Å²) in [7, 11) is -5.72. The van der Waals surface area contributed by atoms with Crippen LogP contribution in [0.25, 0.3) is 11.5 Å². The molecular formula is C29H37Cl2N7O5S2. The molecule has 0 aliphatic carbocycles. The first kappa shape index (κ1) is 36.2. The molecule has 0 spiro atoms. The molecule has 2 aromatic heterocycles. The first-order valence-corrected chi connectivity index (χ1v) is 17.3. The molecule has 12 nitrogen and oxygen atoms in total. The summed E-state index contributed by atoms with van der Waals surface area (Å²) in [5.74, 6) is 4.86. The van der Waals surface area contributed by atoms with Crippen molar-refractivity contribution >= 4 is 48.8 Å². The van der Waals surface area contributed by atoms with Crippen molar-refractivity contribution in [3.63, 3.8) is 0 Å². The lowest BCUT2D eigenvalue weighted by atomic mass is 9.92. The summed E-state index contributed by atoms with van der Waals surface area (Å²) in [6, 6.07) is 13.6. The van der Waals surface area contributed by atoms with Crippen LogP contribution in [0.2, 0.25) is 10.0 Å². The monoisotopic (exact) mass is 697 g/mol. The van der Waals surface area contributed by atoms with Crippen molar-refractivity contribution in [1.29, 1.82) is 0 Å². The van der Waals surface area contributed by atoms with Crippen LogP contribution in [0.3, 0.4) is 0 Å². The van der Waals surface area contributed by atoms with Gasteiger partial charge in [-0.05, 0) is 82.3 Å². The van der Waals surface area contributed by atoms with Crippen molar-refractivity contribution in [2.45, 2.75) is 73.2 Å². The molecule has 2 aromatic carbocycles. The minimum atomic E-state index is -3.82. The number of rotatable bonds is 7. The third-order valence-corrected chi connectivity index (χ3v) is 12.6. The van der Waals surface area contributed by atoms with Gasteiger partial charge in [0.2, 0.25) is 0 Å². The number of aromatic amines is 1. The van der Waals surface area contributed by atoms with Gasteiger partial charge in [-0.15, -0.1) is 0 Å². The van der Waals surface area contributed by atoms with E-state index in [1.54, 1.807) is 30.7 Å². The zero-order valence-electron chi connectivity index (χ0n) is 26.2. The highest BCUT2D eigenvalue weighted by atomic mass is 35.5. The number of aryl methyl sites for hydroxylation is 1. The van der Waals surface area contributed by atoms with E-state index in [0.717, 1.165) is 5.69 Å². The Labute approximate surface area is 273 Å². The largest absolute Gasteiger partial charge is 0.293 e. The SMILES string of the molecule is CC(C)(C(=O)NN)S(=O)(=O)c1ccc(Cl)cc1.Cn1nc(C(C)(C)C)cc1-c1n[nH]c(C(C)(C)S(=O)(=O)c2ccc(Cl)cc2)n1. The fourth-order valence-electron chi connectivity index (χ4n) is 3.93. The van der Waals surface area contributed by atoms with E-state index >= 15 is 0 Å². The number of halogens is 2. The van der Waals surface area contributed by atoms with Crippen molar-refractivity contribution in [1.82, 2.24) is 30.4 Å². The highest BCUT2D eigenvalue weighted by Gasteiger charge is 2.43. The lowest BCUT2D eigenvalue weighted by Gasteiger charge is -2.22. The Hall–Kier alpha value is -3.30. The van der Waals surface area contributed by atoms with E-state index in [0.29, 0.717) is 21.6 Å². The van der Waals surface area contributed by atoms with Crippen LogP contribution in [0.5, 0.6) is 0 Å². The molecule has 0 radical (unpaired) electrons. The Balaban J connectivity index is 0.000000279. The Morgan fingerprint density at radius 1 is 0.844 bits per heavy atom. The lowest BCUT2D eigenvalue weighted by Crippen LogP contribution is -2.50. The third-order valence-electron chi connectivity index (χ3n) is 7.20. The van der Waals surface area contributed by atoms with Gasteiger partial charge in [-0.2, -0.15) is 10.2 Å².